The van der Waals surface area contributed by atoms with Gasteiger partial charge in [-0.25, -0.2) is 0 Å². The van der Waals surface area contributed by atoms with Gasteiger partial charge < -0.3 is 9.47 Å². The van der Waals surface area contributed by atoms with E-state index in [1.807, 2.05) is 19.1 Å². The van der Waals surface area contributed by atoms with Gasteiger partial charge in [-0.2, -0.15) is 0 Å². The molecule has 0 fully saturated rings. The minimum absolute atomic E-state index is 0.00300. The van der Waals surface area contributed by atoms with Gasteiger partial charge in [0, 0.05) is 30.3 Å². The van der Waals surface area contributed by atoms with Crippen molar-refractivity contribution in [3.8, 4) is 23.0 Å². The summed E-state index contributed by atoms with van der Waals surface area (Å²) in [7, 11) is 0. The molecule has 0 bridgehead atoms. The maximum absolute atomic E-state index is 10.9. The fourth-order valence-electron chi connectivity index (χ4n) is 2.81. The zero-order valence-corrected chi connectivity index (χ0v) is 16.0. The average molecular weight is 394 g/mol. The molecule has 29 heavy (non-hydrogen) atoms. The molecule has 8 nitrogen and oxygen atoms in total. The molecule has 0 amide bonds. The van der Waals surface area contributed by atoms with E-state index in [9.17, 15) is 20.2 Å². The summed E-state index contributed by atoms with van der Waals surface area (Å²) in [4.78, 5) is 20.9. The maximum atomic E-state index is 10.9. The Balaban J connectivity index is 1.85. The summed E-state index contributed by atoms with van der Waals surface area (Å²) in [6.45, 7) is 5.34. The van der Waals surface area contributed by atoms with E-state index in [1.165, 1.54) is 24.3 Å². The smallest absolute Gasteiger partial charge is 0.269 e. The number of ether oxygens (including phenoxy) is 2. The topological polar surface area (TPSA) is 105 Å². The summed E-state index contributed by atoms with van der Waals surface area (Å²) < 4.78 is 11.8. The van der Waals surface area contributed by atoms with Crippen LogP contribution >= 0.6 is 0 Å². The van der Waals surface area contributed by atoms with Crippen LogP contribution in [-0.4, -0.2) is 9.85 Å². The Bertz CT molecular complexity index is 1030. The molecule has 0 saturated carbocycles. The number of nitro benzene ring substituents is 2. The van der Waals surface area contributed by atoms with E-state index >= 15 is 0 Å². The van der Waals surface area contributed by atoms with Crippen LogP contribution in [0.5, 0.6) is 23.0 Å². The third-order valence-electron chi connectivity index (χ3n) is 4.22. The molecule has 0 aliphatic heterocycles. The van der Waals surface area contributed by atoms with Crippen LogP contribution in [0, 0.1) is 41.0 Å². The third-order valence-corrected chi connectivity index (χ3v) is 4.22. The molecule has 0 aliphatic carbocycles. The van der Waals surface area contributed by atoms with Crippen LogP contribution in [0.2, 0.25) is 0 Å². The minimum atomic E-state index is -0.456. The average Bonchev–Trinajstić information content (AvgIpc) is 2.64. The second-order valence-corrected chi connectivity index (χ2v) is 6.60. The number of benzene rings is 3. The normalized spacial score (nSPS) is 10.4. The van der Waals surface area contributed by atoms with Crippen molar-refractivity contribution in [3.63, 3.8) is 0 Å². The highest BCUT2D eigenvalue weighted by molar-refractivity contribution is 5.49. The quantitative estimate of drug-likeness (QED) is 0.374. The first-order chi connectivity index (χ1) is 13.7. The van der Waals surface area contributed by atoms with Crippen LogP contribution in [0.25, 0.3) is 0 Å². The van der Waals surface area contributed by atoms with Crippen molar-refractivity contribution in [3.05, 3.63) is 91.5 Å². The van der Waals surface area contributed by atoms with Gasteiger partial charge in [-0.05, 0) is 61.7 Å². The van der Waals surface area contributed by atoms with Crippen molar-refractivity contribution in [1.29, 1.82) is 0 Å². The highest BCUT2D eigenvalue weighted by Crippen LogP contribution is 2.34. The van der Waals surface area contributed by atoms with E-state index in [2.05, 4.69) is 0 Å². The fourth-order valence-corrected chi connectivity index (χ4v) is 2.81. The van der Waals surface area contributed by atoms with E-state index in [4.69, 9.17) is 9.47 Å². The third kappa shape index (κ3) is 4.67. The van der Waals surface area contributed by atoms with Gasteiger partial charge in [0.25, 0.3) is 11.4 Å². The Morgan fingerprint density at radius 1 is 0.655 bits per heavy atom. The predicted octanol–water partition coefficient (Wildman–Crippen LogP) is 6.01. The van der Waals surface area contributed by atoms with Crippen molar-refractivity contribution in [1.82, 2.24) is 0 Å². The lowest BCUT2D eigenvalue weighted by Gasteiger charge is -2.13. The zero-order valence-electron chi connectivity index (χ0n) is 16.0. The molecule has 0 aliphatic rings. The Labute approximate surface area is 166 Å². The van der Waals surface area contributed by atoms with Crippen LogP contribution in [0.4, 0.5) is 11.4 Å². The van der Waals surface area contributed by atoms with Crippen molar-refractivity contribution >= 4 is 11.4 Å². The number of hydrogen-bond donors (Lipinski definition) is 0. The van der Waals surface area contributed by atoms with E-state index < -0.39 is 9.85 Å². The molecule has 8 heteroatoms. The number of aryl methyl sites for hydroxylation is 3. The summed E-state index contributed by atoms with van der Waals surface area (Å²) in [5, 5.41) is 21.8. The fraction of sp³-hybridized carbons (Fsp3) is 0.143. The molecule has 3 rings (SSSR count). The predicted molar refractivity (Wildman–Crippen MR) is 107 cm³/mol. The van der Waals surface area contributed by atoms with Crippen LogP contribution in [0.15, 0.2) is 54.6 Å². The zero-order chi connectivity index (χ0) is 21.1. The number of rotatable bonds is 6. The van der Waals surface area contributed by atoms with Gasteiger partial charge in [0.15, 0.2) is 0 Å². The maximum Gasteiger partial charge on any atom is 0.269 e. The molecule has 3 aromatic rings. The van der Waals surface area contributed by atoms with Crippen LogP contribution < -0.4 is 9.47 Å². The van der Waals surface area contributed by atoms with Gasteiger partial charge in [-0.15, -0.1) is 0 Å². The molecule has 0 saturated heterocycles. The standard InChI is InChI=1S/C21H18N2O6/c1-13-8-18(28-20-6-4-16(22(24)25)10-14(20)2)12-19(9-13)29-21-7-5-17(23(26)27)11-15(21)3/h4-12H,1-3H3. The van der Waals surface area contributed by atoms with E-state index in [0.29, 0.717) is 34.1 Å². The summed E-state index contributed by atoms with van der Waals surface area (Å²) in [6, 6.07) is 14.1. The van der Waals surface area contributed by atoms with Gasteiger partial charge in [0.05, 0.1) is 9.85 Å². The molecule has 0 atom stereocenters. The summed E-state index contributed by atoms with van der Waals surface area (Å²) >= 11 is 0. The molecule has 0 unspecified atom stereocenters. The number of non-ortho nitro benzene ring substituents is 2. The van der Waals surface area contributed by atoms with E-state index in [-0.39, 0.29) is 11.4 Å². The highest BCUT2D eigenvalue weighted by Gasteiger charge is 2.12. The lowest BCUT2D eigenvalue weighted by Crippen LogP contribution is -1.94. The Morgan fingerprint density at radius 3 is 1.41 bits per heavy atom. The second-order valence-electron chi connectivity index (χ2n) is 6.60. The lowest BCUT2D eigenvalue weighted by molar-refractivity contribution is -0.385. The van der Waals surface area contributed by atoms with Gasteiger partial charge in [0.2, 0.25) is 0 Å². The van der Waals surface area contributed by atoms with E-state index in [0.717, 1.165) is 5.56 Å². The molecule has 0 radical (unpaired) electrons. The Kier molecular flexibility index (Phi) is 5.45. The van der Waals surface area contributed by atoms with Crippen molar-refractivity contribution < 1.29 is 19.3 Å². The van der Waals surface area contributed by atoms with Gasteiger partial charge >= 0.3 is 0 Å². The van der Waals surface area contributed by atoms with Crippen LogP contribution in [-0.2, 0) is 0 Å². The summed E-state index contributed by atoms with van der Waals surface area (Å²) in [6.07, 6.45) is 0. The van der Waals surface area contributed by atoms with Crippen LogP contribution in [0.1, 0.15) is 16.7 Å². The van der Waals surface area contributed by atoms with E-state index in [1.54, 1.807) is 32.0 Å². The Morgan fingerprint density at radius 2 is 1.07 bits per heavy atom. The molecule has 0 heterocycles. The number of nitrogens with zero attached hydrogens (tertiary/aromatic N) is 2. The monoisotopic (exact) mass is 394 g/mol. The van der Waals surface area contributed by atoms with Gasteiger partial charge in [-0.3, -0.25) is 20.2 Å². The molecular weight excluding hydrogens is 376 g/mol. The van der Waals surface area contributed by atoms with Gasteiger partial charge in [0.1, 0.15) is 23.0 Å². The first kappa shape index (κ1) is 19.8. The largest absolute Gasteiger partial charge is 0.457 e. The van der Waals surface area contributed by atoms with Crippen molar-refractivity contribution in [2.45, 2.75) is 20.8 Å². The molecule has 0 aromatic heterocycles. The molecule has 0 N–H and O–H groups in total. The molecular formula is C21H18N2O6. The van der Waals surface area contributed by atoms with Crippen LogP contribution in [0.3, 0.4) is 0 Å². The lowest BCUT2D eigenvalue weighted by atomic mass is 10.2. The minimum Gasteiger partial charge on any atom is -0.457 e. The summed E-state index contributed by atoms with van der Waals surface area (Å²) in [5.74, 6) is 2.02. The molecule has 3 aromatic carbocycles. The highest BCUT2D eigenvalue weighted by atomic mass is 16.6. The first-order valence-corrected chi connectivity index (χ1v) is 8.70. The summed E-state index contributed by atoms with van der Waals surface area (Å²) in [5.41, 5.74) is 2.15. The van der Waals surface area contributed by atoms with Crippen molar-refractivity contribution in [2.24, 2.45) is 0 Å². The number of hydrogen-bond acceptors (Lipinski definition) is 6. The van der Waals surface area contributed by atoms with Gasteiger partial charge in [-0.1, -0.05) is 0 Å². The first-order valence-electron chi connectivity index (χ1n) is 8.70. The number of nitro groups is 2. The molecule has 0 spiro atoms. The Hall–Kier alpha value is -3.94. The SMILES string of the molecule is Cc1cc(Oc2ccc([N+](=O)[O-])cc2C)cc(Oc2ccc([N+](=O)[O-])cc2C)c1. The van der Waals surface area contributed by atoms with Crippen molar-refractivity contribution in [2.75, 3.05) is 0 Å². The second kappa shape index (κ2) is 7.97. The molecule has 148 valence electrons.